The quantitative estimate of drug-likeness (QED) is 0.818. The molecule has 0 radical (unpaired) electrons. The van der Waals surface area contributed by atoms with Crippen LogP contribution in [0.15, 0.2) is 35.2 Å². The van der Waals surface area contributed by atoms with Crippen LogP contribution in [-0.4, -0.2) is 54.6 Å². The lowest BCUT2D eigenvalue weighted by Gasteiger charge is -2.36. The monoisotopic (exact) mass is 377 g/mol. The first-order valence-electron chi connectivity index (χ1n) is 8.83. The summed E-state index contributed by atoms with van der Waals surface area (Å²) < 4.78 is 41.1. The van der Waals surface area contributed by atoms with E-state index in [0.717, 1.165) is 5.69 Å². The molecule has 8 heteroatoms. The van der Waals surface area contributed by atoms with Crippen LogP contribution in [-0.2, 0) is 19.5 Å². The van der Waals surface area contributed by atoms with E-state index in [0.29, 0.717) is 55.4 Å². The fraction of sp³-hybridized carbons (Fsp3) is 0.500. The fourth-order valence-corrected chi connectivity index (χ4v) is 5.60. The Labute approximate surface area is 153 Å². The van der Waals surface area contributed by atoms with Crippen LogP contribution in [0.25, 0.3) is 5.69 Å². The van der Waals surface area contributed by atoms with E-state index < -0.39 is 15.8 Å². The summed E-state index contributed by atoms with van der Waals surface area (Å²) in [6.07, 6.45) is 1.11. The molecule has 1 aromatic heterocycles. The van der Waals surface area contributed by atoms with Crippen molar-refractivity contribution in [1.82, 2.24) is 14.1 Å². The van der Waals surface area contributed by atoms with Gasteiger partial charge in [0, 0.05) is 25.9 Å². The Balaban J connectivity index is 1.64. The van der Waals surface area contributed by atoms with Gasteiger partial charge in [-0.2, -0.15) is 9.40 Å². The number of piperidine rings is 1. The molecule has 0 atom stereocenters. The smallest absolute Gasteiger partial charge is 0.246 e. The molecule has 1 aromatic carbocycles. The topological polar surface area (TPSA) is 73.7 Å². The Morgan fingerprint density at radius 1 is 1.04 bits per heavy atom. The minimum absolute atomic E-state index is 0.297. The Morgan fingerprint density at radius 3 is 2.27 bits per heavy atom. The molecule has 2 aromatic rings. The number of aryl methyl sites for hydroxylation is 1. The lowest BCUT2D eigenvalue weighted by atomic mass is 10.1. The first kappa shape index (κ1) is 17.7. The average molecular weight is 377 g/mol. The van der Waals surface area contributed by atoms with Gasteiger partial charge in [0.2, 0.25) is 10.0 Å². The summed E-state index contributed by atoms with van der Waals surface area (Å²) in [4.78, 5) is 0.297. The zero-order valence-corrected chi connectivity index (χ0v) is 15.8. The van der Waals surface area contributed by atoms with Gasteiger partial charge in [0.05, 0.1) is 30.3 Å². The highest BCUT2D eigenvalue weighted by atomic mass is 32.2. The second-order valence-electron chi connectivity index (χ2n) is 6.76. The van der Waals surface area contributed by atoms with Crippen LogP contribution in [0.5, 0.6) is 0 Å². The zero-order valence-electron chi connectivity index (χ0n) is 15.0. The SMILES string of the molecule is Cc1nn(-c2ccccc2)c(C)c1S(=O)(=O)N1CCC2(CC1)OCCO2. The predicted molar refractivity (Wildman–Crippen MR) is 95.7 cm³/mol. The number of nitrogens with zero attached hydrogens (tertiary/aromatic N) is 3. The van der Waals surface area contributed by atoms with Gasteiger partial charge in [-0.25, -0.2) is 13.1 Å². The van der Waals surface area contributed by atoms with Crippen molar-refractivity contribution in [1.29, 1.82) is 0 Å². The molecule has 3 heterocycles. The van der Waals surface area contributed by atoms with E-state index in [4.69, 9.17) is 9.47 Å². The van der Waals surface area contributed by atoms with E-state index >= 15 is 0 Å². The molecular weight excluding hydrogens is 354 g/mol. The molecule has 2 aliphatic heterocycles. The minimum Gasteiger partial charge on any atom is -0.347 e. The largest absolute Gasteiger partial charge is 0.347 e. The van der Waals surface area contributed by atoms with Crippen molar-refractivity contribution >= 4 is 10.0 Å². The van der Waals surface area contributed by atoms with Gasteiger partial charge in [-0.05, 0) is 26.0 Å². The maximum Gasteiger partial charge on any atom is 0.246 e. The molecule has 7 nitrogen and oxygen atoms in total. The molecule has 2 saturated heterocycles. The number of hydrogen-bond acceptors (Lipinski definition) is 5. The molecule has 0 saturated carbocycles. The number of aromatic nitrogens is 2. The van der Waals surface area contributed by atoms with Gasteiger partial charge in [-0.3, -0.25) is 0 Å². The Bertz CT molecular complexity index is 892. The summed E-state index contributed by atoms with van der Waals surface area (Å²) in [5.41, 5.74) is 1.99. The molecule has 2 aliphatic rings. The number of rotatable bonds is 3. The molecular formula is C18H23N3O4S. The van der Waals surface area contributed by atoms with Gasteiger partial charge in [0.25, 0.3) is 0 Å². The first-order valence-corrected chi connectivity index (χ1v) is 10.3. The van der Waals surface area contributed by atoms with Crippen molar-refractivity contribution in [2.45, 2.75) is 37.4 Å². The number of benzene rings is 1. The Hall–Kier alpha value is -1.74. The highest BCUT2D eigenvalue weighted by molar-refractivity contribution is 7.89. The molecule has 0 N–H and O–H groups in total. The van der Waals surface area contributed by atoms with Crippen molar-refractivity contribution in [3.05, 3.63) is 41.7 Å². The lowest BCUT2D eigenvalue weighted by Crippen LogP contribution is -2.47. The molecule has 4 rings (SSSR count). The van der Waals surface area contributed by atoms with Crippen LogP contribution in [0.3, 0.4) is 0 Å². The number of ether oxygens (including phenoxy) is 2. The van der Waals surface area contributed by atoms with Crippen LogP contribution >= 0.6 is 0 Å². The third kappa shape index (κ3) is 2.87. The first-order chi connectivity index (χ1) is 12.4. The molecule has 140 valence electrons. The van der Waals surface area contributed by atoms with Gasteiger partial charge < -0.3 is 9.47 Å². The van der Waals surface area contributed by atoms with Crippen molar-refractivity contribution in [2.24, 2.45) is 0 Å². The fourth-order valence-electron chi connectivity index (χ4n) is 3.80. The maximum atomic E-state index is 13.3. The summed E-state index contributed by atoms with van der Waals surface area (Å²) in [6.45, 7) is 5.47. The average Bonchev–Trinajstić information content (AvgIpc) is 3.20. The molecule has 0 aliphatic carbocycles. The van der Waals surface area contributed by atoms with Gasteiger partial charge in [0.15, 0.2) is 5.79 Å². The molecule has 1 spiro atoms. The van der Waals surface area contributed by atoms with E-state index in [-0.39, 0.29) is 0 Å². The van der Waals surface area contributed by atoms with E-state index in [2.05, 4.69) is 5.10 Å². The predicted octanol–water partition coefficient (Wildman–Crippen LogP) is 2.02. The van der Waals surface area contributed by atoms with Crippen LogP contribution in [0.1, 0.15) is 24.2 Å². The summed E-state index contributed by atoms with van der Waals surface area (Å²) >= 11 is 0. The number of hydrogen-bond donors (Lipinski definition) is 0. The van der Waals surface area contributed by atoms with E-state index in [1.165, 1.54) is 4.31 Å². The minimum atomic E-state index is -3.62. The van der Waals surface area contributed by atoms with Crippen LogP contribution < -0.4 is 0 Å². The number of para-hydroxylation sites is 1. The van der Waals surface area contributed by atoms with Crippen LogP contribution in [0, 0.1) is 13.8 Å². The number of sulfonamides is 1. The second-order valence-corrected chi connectivity index (χ2v) is 8.63. The summed E-state index contributed by atoms with van der Waals surface area (Å²) in [6, 6.07) is 9.56. The molecule has 2 fully saturated rings. The van der Waals surface area contributed by atoms with Crippen molar-refractivity contribution < 1.29 is 17.9 Å². The van der Waals surface area contributed by atoms with Crippen LogP contribution in [0.2, 0.25) is 0 Å². The van der Waals surface area contributed by atoms with E-state index in [1.54, 1.807) is 18.5 Å². The second kappa shape index (κ2) is 6.45. The Morgan fingerprint density at radius 2 is 1.65 bits per heavy atom. The third-order valence-electron chi connectivity index (χ3n) is 5.12. The van der Waals surface area contributed by atoms with Crippen molar-refractivity contribution in [3.63, 3.8) is 0 Å². The zero-order chi connectivity index (χ0) is 18.4. The highest BCUT2D eigenvalue weighted by Gasteiger charge is 2.43. The molecule has 26 heavy (non-hydrogen) atoms. The molecule has 0 unspecified atom stereocenters. The molecule has 0 bridgehead atoms. The van der Waals surface area contributed by atoms with Gasteiger partial charge >= 0.3 is 0 Å². The van der Waals surface area contributed by atoms with E-state index in [1.807, 2.05) is 30.3 Å². The van der Waals surface area contributed by atoms with Crippen molar-refractivity contribution in [3.8, 4) is 5.69 Å². The summed E-state index contributed by atoms with van der Waals surface area (Å²) in [5.74, 6) is -0.593. The van der Waals surface area contributed by atoms with Crippen LogP contribution in [0.4, 0.5) is 0 Å². The summed E-state index contributed by atoms with van der Waals surface area (Å²) in [5, 5.41) is 4.47. The molecule has 0 amide bonds. The Kier molecular flexibility index (Phi) is 4.38. The maximum absolute atomic E-state index is 13.3. The lowest BCUT2D eigenvalue weighted by molar-refractivity contribution is -0.179. The normalized spacial score (nSPS) is 20.7. The van der Waals surface area contributed by atoms with E-state index in [9.17, 15) is 8.42 Å². The van der Waals surface area contributed by atoms with Gasteiger partial charge in [-0.1, -0.05) is 18.2 Å². The highest BCUT2D eigenvalue weighted by Crippen LogP contribution is 2.34. The third-order valence-corrected chi connectivity index (χ3v) is 7.27. The standard InChI is InChI=1S/C18H23N3O4S/c1-14-17(15(2)21(19-14)16-6-4-3-5-7-16)26(22,23)20-10-8-18(9-11-20)24-12-13-25-18/h3-7H,8-13H2,1-2H3. The van der Waals surface area contributed by atoms with Gasteiger partial charge in [0.1, 0.15) is 4.90 Å². The van der Waals surface area contributed by atoms with Crippen molar-refractivity contribution in [2.75, 3.05) is 26.3 Å². The summed E-state index contributed by atoms with van der Waals surface area (Å²) in [7, 11) is -3.62. The van der Waals surface area contributed by atoms with Gasteiger partial charge in [-0.15, -0.1) is 0 Å².